The summed E-state index contributed by atoms with van der Waals surface area (Å²) in [6, 6.07) is 2.26. The van der Waals surface area contributed by atoms with Gasteiger partial charge in [0, 0.05) is 44.3 Å². The molecule has 0 bridgehead atoms. The third-order valence-electron chi connectivity index (χ3n) is 6.98. The predicted molar refractivity (Wildman–Crippen MR) is 144 cm³/mol. The van der Waals surface area contributed by atoms with Crippen LogP contribution in [0.2, 0.25) is 0 Å². The van der Waals surface area contributed by atoms with Gasteiger partial charge in [0.1, 0.15) is 5.52 Å². The molecule has 3 atom stereocenters. The molecule has 2 aromatic heterocycles. The molecule has 5 rings (SSSR count). The maximum Gasteiger partial charge on any atom is 0.223 e. The van der Waals surface area contributed by atoms with Crippen molar-refractivity contribution in [2.24, 2.45) is 0 Å². The summed E-state index contributed by atoms with van der Waals surface area (Å²) in [5.41, 5.74) is 0.0750. The molecule has 0 saturated carbocycles. The van der Waals surface area contributed by atoms with Crippen LogP contribution in [-0.2, 0) is 14.3 Å². The zero-order chi connectivity index (χ0) is 28.2. The first kappa shape index (κ1) is 27.7. The summed E-state index contributed by atoms with van der Waals surface area (Å²) in [6.45, 7) is 3.48. The molecular formula is C27H32F2N6O5. The van der Waals surface area contributed by atoms with Gasteiger partial charge in [-0.1, -0.05) is 0 Å². The van der Waals surface area contributed by atoms with E-state index in [9.17, 15) is 4.79 Å². The Labute approximate surface area is 230 Å². The van der Waals surface area contributed by atoms with E-state index >= 15 is 8.78 Å². The van der Waals surface area contributed by atoms with Crippen LogP contribution in [0.1, 0.15) is 26.2 Å². The highest BCUT2D eigenvalue weighted by molar-refractivity contribution is 5.92. The largest absolute Gasteiger partial charge is 0.494 e. The van der Waals surface area contributed by atoms with Crippen molar-refractivity contribution in [2.45, 2.75) is 44.4 Å². The van der Waals surface area contributed by atoms with Crippen molar-refractivity contribution in [3.8, 4) is 22.8 Å². The van der Waals surface area contributed by atoms with Crippen molar-refractivity contribution >= 4 is 28.6 Å². The number of rotatable bonds is 9. The highest BCUT2D eigenvalue weighted by atomic mass is 19.1. The minimum absolute atomic E-state index is 0.0188. The fourth-order valence-electron chi connectivity index (χ4n) is 4.97. The average molecular weight is 559 g/mol. The van der Waals surface area contributed by atoms with E-state index in [1.807, 2.05) is 0 Å². The van der Waals surface area contributed by atoms with Crippen LogP contribution in [0.5, 0.6) is 11.5 Å². The van der Waals surface area contributed by atoms with Crippen LogP contribution in [0.25, 0.3) is 22.2 Å². The van der Waals surface area contributed by atoms with E-state index in [2.05, 4.69) is 30.9 Å². The lowest BCUT2D eigenvalue weighted by Gasteiger charge is -2.32. The second-order valence-corrected chi connectivity index (χ2v) is 9.71. The molecule has 0 spiro atoms. The molecule has 2 aliphatic rings. The van der Waals surface area contributed by atoms with E-state index in [1.165, 1.54) is 27.2 Å². The number of methoxy groups -OCH3 is 2. The Bertz CT molecular complexity index is 1360. The van der Waals surface area contributed by atoms with Crippen LogP contribution >= 0.6 is 0 Å². The van der Waals surface area contributed by atoms with Gasteiger partial charge in [-0.15, -0.1) is 0 Å². The zero-order valence-corrected chi connectivity index (χ0v) is 22.6. The fourth-order valence-corrected chi connectivity index (χ4v) is 4.97. The number of halogens is 2. The molecule has 2 fully saturated rings. The molecule has 1 aromatic carbocycles. The van der Waals surface area contributed by atoms with E-state index < -0.39 is 17.2 Å². The van der Waals surface area contributed by atoms with Gasteiger partial charge in [0.2, 0.25) is 11.9 Å². The quantitative estimate of drug-likeness (QED) is 0.360. The lowest BCUT2D eigenvalue weighted by atomic mass is 10.0. The number of amides is 1. The summed E-state index contributed by atoms with van der Waals surface area (Å²) in [7, 11) is 2.58. The Morgan fingerprint density at radius 3 is 2.52 bits per heavy atom. The number of carbonyl (C=O) groups is 1. The monoisotopic (exact) mass is 558 g/mol. The van der Waals surface area contributed by atoms with Crippen molar-refractivity contribution in [2.75, 3.05) is 51.2 Å². The Morgan fingerprint density at radius 2 is 1.85 bits per heavy atom. The van der Waals surface area contributed by atoms with E-state index in [4.69, 9.17) is 18.9 Å². The third kappa shape index (κ3) is 5.85. The molecule has 11 nitrogen and oxygen atoms in total. The van der Waals surface area contributed by atoms with Crippen molar-refractivity contribution in [3.63, 3.8) is 0 Å². The van der Waals surface area contributed by atoms with Crippen LogP contribution in [-0.4, -0.2) is 79.6 Å². The molecular weight excluding hydrogens is 526 g/mol. The normalized spacial score (nSPS) is 20.8. The second kappa shape index (κ2) is 12.1. The lowest BCUT2D eigenvalue weighted by Crippen LogP contribution is -2.51. The maximum atomic E-state index is 15.4. The van der Waals surface area contributed by atoms with Crippen LogP contribution < -0.4 is 25.4 Å². The number of benzene rings is 1. The lowest BCUT2D eigenvalue weighted by molar-refractivity contribution is -0.120. The summed E-state index contributed by atoms with van der Waals surface area (Å²) in [6.07, 6.45) is 4.01. The standard InChI is InChI=1S/C27H32F2N6O5/c1-14(36)32-17-6-8-39-13-19(17)34-27-31-11-15-9-18(22-23(28)20(37-2)10-21(38-3)24(22)29)33-26(25(15)35-27)30-12-16-5-4-7-40-16/h9-11,16-17,19H,4-8,12-13H2,1-3H3,(H,30,33)(H,32,36)(H,31,34,35)/t16?,17-,19+/m0/s1. The van der Waals surface area contributed by atoms with E-state index in [1.54, 1.807) is 6.20 Å². The minimum atomic E-state index is -0.904. The topological polar surface area (TPSA) is 129 Å². The Kier molecular flexibility index (Phi) is 8.40. The van der Waals surface area contributed by atoms with Crippen molar-refractivity contribution < 1.29 is 32.5 Å². The number of anilines is 2. The maximum absolute atomic E-state index is 15.4. The van der Waals surface area contributed by atoms with Crippen molar-refractivity contribution in [1.29, 1.82) is 0 Å². The first-order valence-electron chi connectivity index (χ1n) is 13.1. The molecule has 3 aromatic rings. The number of pyridine rings is 1. The number of nitrogens with one attached hydrogen (secondary N) is 3. The van der Waals surface area contributed by atoms with E-state index in [0.717, 1.165) is 18.9 Å². The van der Waals surface area contributed by atoms with Crippen molar-refractivity contribution in [3.05, 3.63) is 30.0 Å². The predicted octanol–water partition coefficient (Wildman–Crippen LogP) is 3.28. The molecule has 1 unspecified atom stereocenters. The smallest absolute Gasteiger partial charge is 0.223 e. The number of fused-ring (bicyclic) bond motifs is 1. The molecule has 2 aliphatic heterocycles. The van der Waals surface area contributed by atoms with Crippen LogP contribution in [0, 0.1) is 11.6 Å². The van der Waals surface area contributed by atoms with Gasteiger partial charge >= 0.3 is 0 Å². The Morgan fingerprint density at radius 1 is 1.07 bits per heavy atom. The molecule has 4 heterocycles. The SMILES string of the molecule is COc1cc(OC)c(F)c(-c2cc3cnc(N[C@@H]4COCC[C@@H]4NC(C)=O)nc3c(NCC3CCCO3)n2)c1F. The molecule has 40 heavy (non-hydrogen) atoms. The molecule has 3 N–H and O–H groups in total. The van der Waals surface area contributed by atoms with Gasteiger partial charge in [0.25, 0.3) is 0 Å². The number of aromatic nitrogens is 3. The summed E-state index contributed by atoms with van der Waals surface area (Å²) in [5, 5.41) is 9.95. The molecule has 0 aliphatic carbocycles. The number of nitrogens with zero attached hydrogens (tertiary/aromatic N) is 3. The van der Waals surface area contributed by atoms with Gasteiger partial charge in [-0.2, -0.15) is 0 Å². The zero-order valence-electron chi connectivity index (χ0n) is 22.6. The number of carbonyl (C=O) groups excluding carboxylic acids is 1. The number of hydrogen-bond acceptors (Lipinski definition) is 10. The molecule has 214 valence electrons. The van der Waals surface area contributed by atoms with Crippen LogP contribution in [0.15, 0.2) is 18.3 Å². The van der Waals surface area contributed by atoms with Gasteiger partial charge in [-0.25, -0.2) is 23.7 Å². The second-order valence-electron chi connectivity index (χ2n) is 9.71. The molecule has 13 heteroatoms. The molecule has 1 amide bonds. The van der Waals surface area contributed by atoms with Crippen molar-refractivity contribution in [1.82, 2.24) is 20.3 Å². The highest BCUT2D eigenvalue weighted by Gasteiger charge is 2.28. The summed E-state index contributed by atoms with van der Waals surface area (Å²) >= 11 is 0. The minimum Gasteiger partial charge on any atom is -0.494 e. The summed E-state index contributed by atoms with van der Waals surface area (Å²) < 4.78 is 52.3. The van der Waals surface area contributed by atoms with E-state index in [-0.39, 0.29) is 41.3 Å². The van der Waals surface area contributed by atoms with Gasteiger partial charge < -0.3 is 34.9 Å². The van der Waals surface area contributed by atoms with Crippen LogP contribution in [0.4, 0.5) is 20.5 Å². The summed E-state index contributed by atoms with van der Waals surface area (Å²) in [4.78, 5) is 25.4. The first-order chi connectivity index (χ1) is 19.4. The van der Waals surface area contributed by atoms with Gasteiger partial charge in [-0.05, 0) is 25.3 Å². The van der Waals surface area contributed by atoms with Gasteiger partial charge in [-0.3, -0.25) is 4.79 Å². The van der Waals surface area contributed by atoms with E-state index in [0.29, 0.717) is 55.5 Å². The highest BCUT2D eigenvalue weighted by Crippen LogP contribution is 2.38. The Hall–Kier alpha value is -3.84. The average Bonchev–Trinajstić information content (AvgIpc) is 3.47. The van der Waals surface area contributed by atoms with Crippen LogP contribution in [0.3, 0.4) is 0 Å². The summed E-state index contributed by atoms with van der Waals surface area (Å²) in [5.74, 6) is -1.69. The van der Waals surface area contributed by atoms with Gasteiger partial charge in [0.05, 0.1) is 50.3 Å². The molecule has 2 saturated heterocycles. The Balaban J connectivity index is 1.55. The number of hydrogen-bond donors (Lipinski definition) is 3. The number of ether oxygens (including phenoxy) is 4. The van der Waals surface area contributed by atoms with Gasteiger partial charge in [0.15, 0.2) is 29.0 Å². The third-order valence-corrected chi connectivity index (χ3v) is 6.98. The molecule has 0 radical (unpaired) electrons. The first-order valence-corrected chi connectivity index (χ1v) is 13.1. The fraction of sp³-hybridized carbons (Fsp3) is 0.481.